The lowest BCUT2D eigenvalue weighted by Crippen LogP contribution is -2.44. The zero-order chi connectivity index (χ0) is 32.7. The molecule has 0 radical (unpaired) electrons. The number of phenols is 2. The number of ether oxygens (including phenoxy) is 1. The van der Waals surface area contributed by atoms with E-state index in [9.17, 15) is 25.2 Å². The maximum Gasteiger partial charge on any atom is 0.311 e. The number of fused-ring (bicyclic) bond motifs is 10. The van der Waals surface area contributed by atoms with Crippen molar-refractivity contribution in [2.75, 3.05) is 0 Å². The second-order valence-corrected chi connectivity index (χ2v) is 17.0. The second kappa shape index (κ2) is 11.8. The summed E-state index contributed by atoms with van der Waals surface area (Å²) >= 11 is 0. The van der Waals surface area contributed by atoms with E-state index in [2.05, 4.69) is 13.8 Å². The van der Waals surface area contributed by atoms with Gasteiger partial charge in [0.1, 0.15) is 17.2 Å². The normalized spacial score (nSPS) is 38.4. The van der Waals surface area contributed by atoms with E-state index in [1.807, 2.05) is 18.2 Å². The van der Waals surface area contributed by atoms with E-state index in [0.717, 1.165) is 101 Å². The highest BCUT2D eigenvalue weighted by atomic mass is 16.5. The number of aliphatic hydroxyl groups is 2. The van der Waals surface area contributed by atoms with Gasteiger partial charge in [-0.05, 0) is 183 Å². The lowest BCUT2D eigenvalue weighted by Gasteiger charge is -2.50. The van der Waals surface area contributed by atoms with Gasteiger partial charge in [0.15, 0.2) is 0 Å². The third-order valence-electron chi connectivity index (χ3n) is 14.9. The third-order valence-corrected chi connectivity index (χ3v) is 14.9. The van der Waals surface area contributed by atoms with Gasteiger partial charge in [-0.15, -0.1) is 0 Å². The molecule has 6 aliphatic carbocycles. The zero-order valence-electron chi connectivity index (χ0n) is 28.3. The fraction of sp³-hybridized carbons (Fsp3) is 0.683. The molecule has 0 spiro atoms. The van der Waals surface area contributed by atoms with Gasteiger partial charge in [0.2, 0.25) is 0 Å². The Morgan fingerprint density at radius 2 is 1.28 bits per heavy atom. The van der Waals surface area contributed by atoms with Gasteiger partial charge in [-0.3, -0.25) is 4.79 Å². The molecule has 0 unspecified atom stereocenters. The van der Waals surface area contributed by atoms with Crippen molar-refractivity contribution in [3.05, 3.63) is 52.1 Å². The van der Waals surface area contributed by atoms with Crippen molar-refractivity contribution in [2.24, 2.45) is 34.5 Å². The first kappa shape index (κ1) is 31.7. The van der Waals surface area contributed by atoms with Crippen LogP contribution in [0.25, 0.3) is 0 Å². The summed E-state index contributed by atoms with van der Waals surface area (Å²) in [6.45, 7) is 4.59. The first-order valence-electron chi connectivity index (χ1n) is 18.8. The number of carbonyl (C=O) groups is 1. The average molecular weight is 643 g/mol. The number of aromatic hydroxyl groups is 2. The number of unbranched alkanes of at least 4 members (excludes halogenated alkanes) is 1. The molecule has 6 heteroatoms. The molecule has 6 nitrogen and oxygen atoms in total. The molecule has 4 fully saturated rings. The molecule has 0 heterocycles. The molecular weight excluding hydrogens is 588 g/mol. The molecular formula is C41H54O6. The maximum atomic E-state index is 13.3. The minimum Gasteiger partial charge on any atom is -0.508 e. The summed E-state index contributed by atoms with van der Waals surface area (Å²) < 4.78 is 6.08. The Morgan fingerprint density at radius 1 is 0.723 bits per heavy atom. The van der Waals surface area contributed by atoms with Crippen LogP contribution in [0.2, 0.25) is 0 Å². The number of esters is 1. The molecule has 4 N–H and O–H groups in total. The van der Waals surface area contributed by atoms with Crippen molar-refractivity contribution in [1.29, 1.82) is 0 Å². The molecule has 10 atom stereocenters. The highest BCUT2D eigenvalue weighted by Crippen LogP contribution is 2.63. The Hall–Kier alpha value is -2.57. The summed E-state index contributed by atoms with van der Waals surface area (Å²) in [4.78, 5) is 13.3. The van der Waals surface area contributed by atoms with Crippen LogP contribution in [0, 0.1) is 34.5 Å². The summed E-state index contributed by atoms with van der Waals surface area (Å²) in [6, 6.07) is 7.45. The Morgan fingerprint density at radius 3 is 1.89 bits per heavy atom. The Labute approximate surface area is 279 Å². The Balaban J connectivity index is 0.936. The van der Waals surface area contributed by atoms with Gasteiger partial charge in [0, 0.05) is 18.1 Å². The summed E-state index contributed by atoms with van der Waals surface area (Å²) in [7, 11) is 0. The number of hydrogen-bond donors (Lipinski definition) is 4. The molecule has 0 amide bonds. The molecule has 4 saturated carbocycles. The summed E-state index contributed by atoms with van der Waals surface area (Å²) in [6.07, 6.45) is 14.5. The van der Waals surface area contributed by atoms with Crippen molar-refractivity contribution in [1.82, 2.24) is 0 Å². The monoisotopic (exact) mass is 642 g/mol. The van der Waals surface area contributed by atoms with E-state index in [1.165, 1.54) is 16.7 Å². The molecule has 2 aromatic carbocycles. The number of rotatable bonds is 6. The van der Waals surface area contributed by atoms with E-state index < -0.39 is 0 Å². The first-order chi connectivity index (χ1) is 22.6. The van der Waals surface area contributed by atoms with Gasteiger partial charge in [-0.1, -0.05) is 13.8 Å². The van der Waals surface area contributed by atoms with Crippen molar-refractivity contribution in [3.8, 4) is 17.2 Å². The summed E-state index contributed by atoms with van der Waals surface area (Å²) in [5, 5.41) is 42.8. The van der Waals surface area contributed by atoms with E-state index >= 15 is 0 Å². The van der Waals surface area contributed by atoms with Crippen LogP contribution in [0.3, 0.4) is 0 Å². The lowest BCUT2D eigenvalue weighted by molar-refractivity contribution is -0.134. The van der Waals surface area contributed by atoms with E-state index in [-0.39, 0.29) is 34.8 Å². The SMILES string of the molecule is C[C@]12CC[C@@H]3c4c(CCCCC(=O)Oc5cc(O)cc6c5[C@H]5CC[C@]7(C)[C@H](O)CC[C@H]7[C@@H]5CC6)cc(O)cc4CC[C@H]3[C@@H]1CC[C@H]2O. The smallest absolute Gasteiger partial charge is 0.311 e. The van der Waals surface area contributed by atoms with Crippen LogP contribution in [-0.4, -0.2) is 38.6 Å². The fourth-order valence-corrected chi connectivity index (χ4v) is 12.5. The van der Waals surface area contributed by atoms with E-state index in [4.69, 9.17) is 4.74 Å². The maximum absolute atomic E-state index is 13.3. The van der Waals surface area contributed by atoms with Crippen LogP contribution in [0.5, 0.6) is 17.2 Å². The quantitative estimate of drug-likeness (QED) is 0.145. The molecule has 8 rings (SSSR count). The number of carbonyl (C=O) groups excluding carboxylic acids is 1. The van der Waals surface area contributed by atoms with E-state index in [0.29, 0.717) is 59.8 Å². The number of aliphatic hydroxyl groups excluding tert-OH is 2. The Kier molecular flexibility index (Phi) is 7.95. The van der Waals surface area contributed by atoms with Gasteiger partial charge in [0.25, 0.3) is 0 Å². The van der Waals surface area contributed by atoms with Gasteiger partial charge < -0.3 is 25.2 Å². The van der Waals surface area contributed by atoms with Gasteiger partial charge in [-0.2, -0.15) is 0 Å². The number of aryl methyl sites for hydroxylation is 3. The fourth-order valence-electron chi connectivity index (χ4n) is 12.5. The van der Waals surface area contributed by atoms with Crippen molar-refractivity contribution in [2.45, 2.75) is 141 Å². The molecule has 254 valence electrons. The molecule has 6 aliphatic rings. The molecule has 0 aromatic heterocycles. The van der Waals surface area contributed by atoms with Crippen molar-refractivity contribution < 1.29 is 30.0 Å². The lowest BCUT2D eigenvalue weighted by atomic mass is 9.55. The summed E-state index contributed by atoms with van der Waals surface area (Å²) in [5.41, 5.74) is 6.24. The average Bonchev–Trinajstić information content (AvgIpc) is 3.52. The second-order valence-electron chi connectivity index (χ2n) is 17.0. The minimum atomic E-state index is -0.249. The molecule has 0 bridgehead atoms. The van der Waals surface area contributed by atoms with Gasteiger partial charge in [-0.25, -0.2) is 0 Å². The standard InChI is InChI=1S/C41H54O6/c1-40-17-15-30-28(32(40)11-13-35(40)44)9-7-24-20-26(42)19-23(38(24)30)5-3-4-6-37(46)47-34-22-27(43)21-25-8-10-29-31(39(25)34)16-18-41(2)33(29)12-14-36(41)45/h19-22,28-33,35-36,42-45H,3-18H2,1-2H3/t28-,29-,30+,31+,32+,33+,35-,36-,40+,41+/m1/s1. The predicted octanol–water partition coefficient (Wildman–Crippen LogP) is 7.85. The first-order valence-corrected chi connectivity index (χ1v) is 18.8. The van der Waals surface area contributed by atoms with Crippen LogP contribution in [-0.2, 0) is 24.1 Å². The van der Waals surface area contributed by atoms with Crippen LogP contribution in [0.15, 0.2) is 24.3 Å². The predicted molar refractivity (Wildman–Crippen MR) is 181 cm³/mol. The Bertz CT molecular complexity index is 1550. The minimum absolute atomic E-state index is 0.0152. The zero-order valence-corrected chi connectivity index (χ0v) is 28.3. The number of phenolic OH excluding ortho intramolecular Hbond substituents is 2. The summed E-state index contributed by atoms with van der Waals surface area (Å²) in [5.74, 6) is 3.72. The van der Waals surface area contributed by atoms with Crippen molar-refractivity contribution >= 4 is 5.97 Å². The van der Waals surface area contributed by atoms with Crippen molar-refractivity contribution in [3.63, 3.8) is 0 Å². The van der Waals surface area contributed by atoms with Crippen LogP contribution >= 0.6 is 0 Å². The molecule has 47 heavy (non-hydrogen) atoms. The van der Waals surface area contributed by atoms with Crippen LogP contribution < -0.4 is 4.74 Å². The van der Waals surface area contributed by atoms with Gasteiger partial charge in [0.05, 0.1) is 12.2 Å². The van der Waals surface area contributed by atoms with Gasteiger partial charge >= 0.3 is 5.97 Å². The molecule has 0 aliphatic heterocycles. The van der Waals surface area contributed by atoms with Crippen LogP contribution in [0.1, 0.15) is 137 Å². The number of hydrogen-bond acceptors (Lipinski definition) is 6. The third kappa shape index (κ3) is 5.14. The largest absolute Gasteiger partial charge is 0.508 e. The highest BCUT2D eigenvalue weighted by molar-refractivity contribution is 5.73. The van der Waals surface area contributed by atoms with E-state index in [1.54, 1.807) is 6.07 Å². The molecule has 0 saturated heterocycles. The number of benzene rings is 2. The van der Waals surface area contributed by atoms with Crippen LogP contribution in [0.4, 0.5) is 0 Å². The highest BCUT2D eigenvalue weighted by Gasteiger charge is 2.56. The topological polar surface area (TPSA) is 107 Å². The molecule has 2 aromatic rings.